The van der Waals surface area contributed by atoms with Crippen LogP contribution in [0.5, 0.6) is 5.75 Å². The van der Waals surface area contributed by atoms with E-state index in [0.29, 0.717) is 125 Å². The molecule has 0 aliphatic carbocycles. The van der Waals surface area contributed by atoms with Gasteiger partial charge in [0.2, 0.25) is 0 Å². The van der Waals surface area contributed by atoms with Crippen LogP contribution in [0.15, 0.2) is 24.3 Å². The molecule has 0 fully saturated rings. The molecule has 0 heterocycles. The van der Waals surface area contributed by atoms with Crippen molar-refractivity contribution in [1.29, 1.82) is 0 Å². The standard InChI is InChI=1S/C27H47NO12/c1-30-27(29)24-39-21-20-37-17-16-35-13-12-33-9-8-31-6-7-32-10-11-34-14-15-36-18-19-38-22-23-40-26-4-2-25(28)3-5-26/h2-5H,6-24,28H2,1H3. The van der Waals surface area contributed by atoms with Gasteiger partial charge >= 0.3 is 5.97 Å². The van der Waals surface area contributed by atoms with Crippen molar-refractivity contribution >= 4 is 11.7 Å². The number of methoxy groups -OCH3 is 1. The van der Waals surface area contributed by atoms with Crippen molar-refractivity contribution in [1.82, 2.24) is 0 Å². The first-order valence-corrected chi connectivity index (χ1v) is 13.5. The van der Waals surface area contributed by atoms with Crippen LogP contribution in [-0.4, -0.2) is 139 Å². The Labute approximate surface area is 237 Å². The van der Waals surface area contributed by atoms with E-state index in [-0.39, 0.29) is 6.61 Å². The first kappa shape index (κ1) is 36.0. The van der Waals surface area contributed by atoms with E-state index in [4.69, 9.17) is 53.1 Å². The Morgan fingerprint density at radius 2 is 0.800 bits per heavy atom. The van der Waals surface area contributed by atoms with E-state index < -0.39 is 5.97 Å². The molecule has 0 saturated carbocycles. The number of benzene rings is 1. The Hall–Kier alpha value is -2.07. The second-order valence-electron chi connectivity index (χ2n) is 7.95. The fourth-order valence-electron chi connectivity index (χ4n) is 2.76. The van der Waals surface area contributed by atoms with E-state index >= 15 is 0 Å². The van der Waals surface area contributed by atoms with Gasteiger partial charge in [0.15, 0.2) is 0 Å². The van der Waals surface area contributed by atoms with Gasteiger partial charge in [0.25, 0.3) is 0 Å². The average Bonchev–Trinajstić information content (AvgIpc) is 2.97. The van der Waals surface area contributed by atoms with Crippen LogP contribution >= 0.6 is 0 Å². The number of hydrogen-bond acceptors (Lipinski definition) is 13. The average molecular weight is 578 g/mol. The van der Waals surface area contributed by atoms with Crippen molar-refractivity contribution < 1.29 is 56.9 Å². The minimum Gasteiger partial charge on any atom is -0.491 e. The number of rotatable bonds is 30. The molecular weight excluding hydrogens is 530 g/mol. The number of esters is 1. The highest BCUT2D eigenvalue weighted by molar-refractivity contribution is 5.70. The van der Waals surface area contributed by atoms with Crippen LogP contribution in [0.3, 0.4) is 0 Å². The van der Waals surface area contributed by atoms with Crippen molar-refractivity contribution in [3.8, 4) is 5.75 Å². The van der Waals surface area contributed by atoms with Crippen LogP contribution < -0.4 is 10.5 Å². The number of hydrogen-bond donors (Lipinski definition) is 1. The van der Waals surface area contributed by atoms with Gasteiger partial charge < -0.3 is 57.8 Å². The summed E-state index contributed by atoms with van der Waals surface area (Å²) in [4.78, 5) is 10.8. The van der Waals surface area contributed by atoms with Gasteiger partial charge in [-0.05, 0) is 24.3 Å². The topological polar surface area (TPSA) is 145 Å². The first-order chi connectivity index (χ1) is 19.7. The monoisotopic (exact) mass is 577 g/mol. The summed E-state index contributed by atoms with van der Waals surface area (Å²) in [6.07, 6.45) is 0. The molecule has 0 atom stereocenters. The lowest BCUT2D eigenvalue weighted by Gasteiger charge is -2.09. The molecule has 0 aliphatic heterocycles. The van der Waals surface area contributed by atoms with Crippen LogP contribution in [0.25, 0.3) is 0 Å². The molecule has 2 N–H and O–H groups in total. The molecule has 1 rings (SSSR count). The molecule has 0 bridgehead atoms. The fourth-order valence-corrected chi connectivity index (χ4v) is 2.76. The summed E-state index contributed by atoms with van der Waals surface area (Å²) >= 11 is 0. The Balaban J connectivity index is 1.64. The molecule has 0 spiro atoms. The van der Waals surface area contributed by atoms with Gasteiger partial charge in [0.05, 0.1) is 119 Å². The van der Waals surface area contributed by atoms with Gasteiger partial charge in [0, 0.05) is 5.69 Å². The highest BCUT2D eigenvalue weighted by Crippen LogP contribution is 2.12. The highest BCUT2D eigenvalue weighted by Gasteiger charge is 1.99. The van der Waals surface area contributed by atoms with Gasteiger partial charge in [-0.25, -0.2) is 4.79 Å². The molecule has 0 amide bonds. The number of nitrogen functional groups attached to an aromatic ring is 1. The maximum atomic E-state index is 10.8. The normalized spacial score (nSPS) is 11.1. The zero-order valence-corrected chi connectivity index (χ0v) is 23.7. The molecule has 13 heteroatoms. The van der Waals surface area contributed by atoms with E-state index in [1.165, 1.54) is 7.11 Å². The summed E-state index contributed by atoms with van der Waals surface area (Å²) in [6.45, 7) is 8.46. The summed E-state index contributed by atoms with van der Waals surface area (Å²) in [5, 5.41) is 0. The molecule has 0 saturated heterocycles. The predicted octanol–water partition coefficient (Wildman–Crippen LogP) is 0.970. The van der Waals surface area contributed by atoms with Gasteiger partial charge in [-0.2, -0.15) is 0 Å². The maximum Gasteiger partial charge on any atom is 0.331 e. The lowest BCUT2D eigenvalue weighted by atomic mass is 10.3. The summed E-state index contributed by atoms with van der Waals surface area (Å²) in [5.41, 5.74) is 6.34. The Morgan fingerprint density at radius 1 is 0.500 bits per heavy atom. The van der Waals surface area contributed by atoms with Crippen molar-refractivity contribution in [2.24, 2.45) is 0 Å². The van der Waals surface area contributed by atoms with Crippen LogP contribution in [0, 0.1) is 0 Å². The van der Waals surface area contributed by atoms with Crippen LogP contribution in [0.1, 0.15) is 0 Å². The van der Waals surface area contributed by atoms with Crippen LogP contribution in [0.2, 0.25) is 0 Å². The Kier molecular flexibility index (Phi) is 25.6. The fraction of sp³-hybridized carbons (Fsp3) is 0.741. The van der Waals surface area contributed by atoms with Gasteiger partial charge in [-0.15, -0.1) is 0 Å². The highest BCUT2D eigenvalue weighted by atomic mass is 16.6. The zero-order valence-electron chi connectivity index (χ0n) is 23.7. The number of ether oxygens (including phenoxy) is 11. The SMILES string of the molecule is COC(=O)COCCOCCOCCOCCOCCOCCOCCOCCOCCOc1ccc(N)cc1. The molecule has 0 aromatic heterocycles. The smallest absolute Gasteiger partial charge is 0.331 e. The van der Waals surface area contributed by atoms with Gasteiger partial charge in [-0.1, -0.05) is 0 Å². The first-order valence-electron chi connectivity index (χ1n) is 13.5. The largest absolute Gasteiger partial charge is 0.491 e. The van der Waals surface area contributed by atoms with Crippen molar-refractivity contribution in [2.45, 2.75) is 0 Å². The minimum atomic E-state index is -0.408. The second-order valence-corrected chi connectivity index (χ2v) is 7.95. The Bertz CT molecular complexity index is 680. The molecule has 1 aromatic carbocycles. The predicted molar refractivity (Wildman–Crippen MR) is 146 cm³/mol. The van der Waals surface area contributed by atoms with Gasteiger partial charge in [0.1, 0.15) is 19.0 Å². The molecule has 0 unspecified atom stereocenters. The minimum absolute atomic E-state index is 0.0698. The lowest BCUT2D eigenvalue weighted by molar-refractivity contribution is -0.146. The summed E-state index contributed by atoms with van der Waals surface area (Å²) in [7, 11) is 1.31. The molecule has 232 valence electrons. The molecule has 40 heavy (non-hydrogen) atoms. The molecule has 1 aromatic rings. The van der Waals surface area contributed by atoms with Crippen molar-refractivity contribution in [2.75, 3.05) is 138 Å². The Morgan fingerprint density at radius 3 is 1.12 bits per heavy atom. The number of carbonyl (C=O) groups is 1. The number of nitrogens with two attached hydrogens (primary N) is 1. The zero-order chi connectivity index (χ0) is 28.8. The van der Waals surface area contributed by atoms with E-state index in [0.717, 1.165) is 5.75 Å². The molecule has 0 aliphatic rings. The van der Waals surface area contributed by atoms with E-state index in [9.17, 15) is 4.79 Å². The maximum absolute atomic E-state index is 10.8. The quantitative estimate of drug-likeness (QED) is 0.0788. The third kappa shape index (κ3) is 24.9. The molecule has 0 radical (unpaired) electrons. The van der Waals surface area contributed by atoms with Gasteiger partial charge in [-0.3, -0.25) is 0 Å². The second kappa shape index (κ2) is 28.5. The third-order valence-electron chi connectivity index (χ3n) is 4.80. The summed E-state index contributed by atoms with van der Waals surface area (Å²) in [5.74, 6) is 0.361. The van der Waals surface area contributed by atoms with E-state index in [2.05, 4.69) is 4.74 Å². The van der Waals surface area contributed by atoms with Crippen LogP contribution in [-0.2, 0) is 52.2 Å². The van der Waals surface area contributed by atoms with E-state index in [1.54, 1.807) is 12.1 Å². The lowest BCUT2D eigenvalue weighted by Crippen LogP contribution is -2.16. The summed E-state index contributed by atoms with van der Waals surface area (Å²) in [6, 6.07) is 7.25. The van der Waals surface area contributed by atoms with Crippen LogP contribution in [0.4, 0.5) is 5.69 Å². The number of carbonyl (C=O) groups excluding carboxylic acids is 1. The van der Waals surface area contributed by atoms with Crippen molar-refractivity contribution in [3.63, 3.8) is 0 Å². The van der Waals surface area contributed by atoms with Crippen molar-refractivity contribution in [3.05, 3.63) is 24.3 Å². The summed E-state index contributed by atoms with van der Waals surface area (Å²) < 4.78 is 58.4. The van der Waals surface area contributed by atoms with E-state index in [1.807, 2.05) is 12.1 Å². The molecular formula is C27H47NO12. The third-order valence-corrected chi connectivity index (χ3v) is 4.80. The number of anilines is 1. The molecule has 13 nitrogen and oxygen atoms in total.